The molecule has 0 fully saturated rings. The van der Waals surface area contributed by atoms with Crippen molar-refractivity contribution in [2.45, 2.75) is 59.0 Å². The smallest absolute Gasteiger partial charge is 0.421 e. The van der Waals surface area contributed by atoms with Crippen LogP contribution in [-0.4, -0.2) is 23.2 Å². The molecule has 6 nitrogen and oxygen atoms in total. The largest absolute Gasteiger partial charge is 1.00 e. The molecule has 0 spiro atoms. The van der Waals surface area contributed by atoms with Gasteiger partial charge in [0.25, 0.3) is 0 Å². The fraction of sp³-hybridized carbons (Fsp3) is 0.571. The Hall–Kier alpha value is -0.750. The van der Waals surface area contributed by atoms with Crippen molar-refractivity contribution in [1.29, 1.82) is 0 Å². The molecule has 1 aromatic heterocycles. The number of aromatic nitrogens is 2. The quantitative estimate of drug-likeness (QED) is 0.242. The number of benzene rings is 1. The van der Waals surface area contributed by atoms with Crippen LogP contribution in [0, 0.1) is 6.92 Å². The van der Waals surface area contributed by atoms with Crippen LogP contribution in [0.2, 0.25) is 0 Å². The Kier molecular flexibility index (Phi) is 13.9. The van der Waals surface area contributed by atoms with Gasteiger partial charge >= 0.3 is 5.95 Å². The van der Waals surface area contributed by atoms with Crippen LogP contribution in [0.25, 0.3) is 0 Å². The summed E-state index contributed by atoms with van der Waals surface area (Å²) in [4.78, 5) is 0. The summed E-state index contributed by atoms with van der Waals surface area (Å²) < 4.78 is 3.90. The van der Waals surface area contributed by atoms with Crippen LogP contribution in [0.5, 0.6) is 0 Å². The highest BCUT2D eigenvalue weighted by atomic mass is 127. The van der Waals surface area contributed by atoms with Crippen molar-refractivity contribution in [2.24, 2.45) is 24.3 Å². The maximum atomic E-state index is 4.42. The highest BCUT2D eigenvalue weighted by Crippen LogP contribution is 2.24. The summed E-state index contributed by atoms with van der Waals surface area (Å²) in [5.74, 6) is 0.815. The first-order valence-electron chi connectivity index (χ1n) is 9.97. The molecule has 29 heavy (non-hydrogen) atoms. The number of aryl methyl sites for hydroxylation is 3. The zero-order chi connectivity index (χ0) is 19.8. The minimum atomic E-state index is 0. The first-order chi connectivity index (χ1) is 12.9. The number of hydrogen-bond acceptors (Lipinski definition) is 4. The van der Waals surface area contributed by atoms with Gasteiger partial charge in [-0.1, -0.05) is 19.0 Å². The van der Waals surface area contributed by atoms with Crippen molar-refractivity contribution < 1.29 is 28.5 Å². The molecule has 0 saturated carbocycles. The first-order valence-corrected chi connectivity index (χ1v) is 9.97. The molecular formula is C21H36I2N6. The number of nitrogens with one attached hydrogen (secondary N) is 2. The van der Waals surface area contributed by atoms with Crippen LogP contribution in [-0.2, 0) is 14.1 Å². The van der Waals surface area contributed by atoms with E-state index < -0.39 is 0 Å². The van der Waals surface area contributed by atoms with E-state index in [1.807, 2.05) is 41.7 Å². The summed E-state index contributed by atoms with van der Waals surface area (Å²) in [6, 6.07) is 7.30. The van der Waals surface area contributed by atoms with Crippen molar-refractivity contribution in [2.75, 3.05) is 11.9 Å². The van der Waals surface area contributed by atoms with Crippen molar-refractivity contribution in [3.8, 4) is 0 Å². The predicted molar refractivity (Wildman–Crippen MR) is 127 cm³/mol. The summed E-state index contributed by atoms with van der Waals surface area (Å²) in [5, 5.41) is 16.0. The Balaban J connectivity index is 0.00000392. The predicted octanol–water partition coefficient (Wildman–Crippen LogP) is 2.16. The summed E-state index contributed by atoms with van der Waals surface area (Å²) in [5.41, 5.74) is 3.14. The maximum Gasteiger partial charge on any atom is 0.421 e. The van der Waals surface area contributed by atoms with Crippen molar-refractivity contribution in [3.05, 3.63) is 36.2 Å². The number of nitrogens with zero attached hydrogens (tertiary/aromatic N) is 4. The lowest BCUT2D eigenvalue weighted by molar-refractivity contribution is -0.657. The third kappa shape index (κ3) is 8.87. The van der Waals surface area contributed by atoms with Crippen LogP contribution in [0.3, 0.4) is 0 Å². The first kappa shape index (κ1) is 28.2. The van der Waals surface area contributed by atoms with Gasteiger partial charge in [-0.2, -0.15) is 0 Å². The van der Waals surface area contributed by atoms with Gasteiger partial charge in [0.1, 0.15) is 5.69 Å². The fourth-order valence-corrected chi connectivity index (χ4v) is 3.12. The Morgan fingerprint density at radius 1 is 1.17 bits per heavy atom. The molecule has 2 aromatic rings. The second kappa shape index (κ2) is 14.3. The van der Waals surface area contributed by atoms with Crippen LogP contribution in [0.4, 0.5) is 17.3 Å². The van der Waals surface area contributed by atoms with E-state index in [0.29, 0.717) is 12.1 Å². The Morgan fingerprint density at radius 3 is 2.41 bits per heavy atom. The third-order valence-electron chi connectivity index (χ3n) is 5.00. The van der Waals surface area contributed by atoms with Gasteiger partial charge in [0.15, 0.2) is 0 Å². The molecule has 0 bridgehead atoms. The average Bonchev–Trinajstić information content (AvgIpc) is 2.96. The van der Waals surface area contributed by atoms with Gasteiger partial charge in [0, 0.05) is 22.9 Å². The molecule has 1 aromatic carbocycles. The zero-order valence-corrected chi connectivity index (χ0v) is 22.9. The summed E-state index contributed by atoms with van der Waals surface area (Å²) in [6.07, 6.45) is 7.41. The van der Waals surface area contributed by atoms with Crippen molar-refractivity contribution in [3.63, 3.8) is 0 Å². The summed E-state index contributed by atoms with van der Waals surface area (Å²) in [6.45, 7) is 9.82. The van der Waals surface area contributed by atoms with E-state index in [0.717, 1.165) is 35.9 Å². The van der Waals surface area contributed by atoms with E-state index >= 15 is 0 Å². The molecule has 1 unspecified atom stereocenters. The van der Waals surface area contributed by atoms with Crippen molar-refractivity contribution >= 4 is 41.3 Å². The van der Waals surface area contributed by atoms with Crippen LogP contribution < -0.4 is 39.2 Å². The Labute approximate surface area is 210 Å². The fourth-order valence-electron chi connectivity index (χ4n) is 3.12. The van der Waals surface area contributed by atoms with Crippen LogP contribution in [0.15, 0.2) is 40.8 Å². The van der Waals surface area contributed by atoms with Gasteiger partial charge in [-0.15, -0.1) is 24.0 Å². The topological polar surface area (TPSA) is 57.6 Å². The SMILES string of the molecule is CCC(CC)NCCC(C)Nc1ccc(N=Nc2n(C)cc[n+]2C)c(C)c1.I.[I-]. The molecule has 2 N–H and O–H groups in total. The molecule has 0 saturated heterocycles. The molecule has 164 valence electrons. The minimum Gasteiger partial charge on any atom is -1.00 e. The van der Waals surface area contributed by atoms with Crippen LogP contribution in [0.1, 0.15) is 45.6 Å². The maximum absolute atomic E-state index is 4.42. The summed E-state index contributed by atoms with van der Waals surface area (Å²) in [7, 11) is 3.93. The van der Waals surface area contributed by atoms with Gasteiger partial charge in [-0.05, 0) is 63.4 Å². The Morgan fingerprint density at radius 2 is 1.86 bits per heavy atom. The van der Waals surface area contributed by atoms with E-state index in [1.165, 1.54) is 12.8 Å². The highest BCUT2D eigenvalue weighted by molar-refractivity contribution is 14.0. The number of halogens is 2. The van der Waals surface area contributed by atoms with Crippen molar-refractivity contribution in [1.82, 2.24) is 9.88 Å². The van der Waals surface area contributed by atoms with Crippen LogP contribution >= 0.6 is 24.0 Å². The van der Waals surface area contributed by atoms with Gasteiger partial charge in [-0.3, -0.25) is 0 Å². The van der Waals surface area contributed by atoms with E-state index in [-0.39, 0.29) is 48.0 Å². The number of imidazole rings is 1. The average molecular weight is 626 g/mol. The van der Waals surface area contributed by atoms with Gasteiger partial charge in [0.05, 0.1) is 26.5 Å². The molecular weight excluding hydrogens is 590 g/mol. The molecule has 2 rings (SSSR count). The van der Waals surface area contributed by atoms with E-state index in [2.05, 4.69) is 60.7 Å². The molecule has 8 heteroatoms. The van der Waals surface area contributed by atoms with E-state index in [9.17, 15) is 0 Å². The number of azo groups is 1. The molecule has 1 atom stereocenters. The second-order valence-corrected chi connectivity index (χ2v) is 7.32. The van der Waals surface area contributed by atoms with Gasteiger partial charge in [-0.25, -0.2) is 9.13 Å². The van der Waals surface area contributed by atoms with Gasteiger partial charge < -0.3 is 34.6 Å². The highest BCUT2D eigenvalue weighted by Gasteiger charge is 2.11. The summed E-state index contributed by atoms with van der Waals surface area (Å²) >= 11 is 0. The molecule has 0 aliphatic carbocycles. The Bertz CT molecular complexity index is 736. The molecule has 0 amide bonds. The number of rotatable bonds is 10. The molecule has 0 aliphatic heterocycles. The van der Waals surface area contributed by atoms with E-state index in [1.54, 1.807) is 0 Å². The number of hydrogen-bond donors (Lipinski definition) is 2. The molecule has 1 heterocycles. The van der Waals surface area contributed by atoms with Gasteiger partial charge in [0.2, 0.25) is 0 Å². The number of anilines is 1. The molecule has 0 aliphatic rings. The monoisotopic (exact) mass is 626 g/mol. The lowest BCUT2D eigenvalue weighted by Gasteiger charge is -2.19. The minimum absolute atomic E-state index is 0. The normalized spacial score (nSPS) is 12.0. The molecule has 0 radical (unpaired) electrons. The zero-order valence-electron chi connectivity index (χ0n) is 18.4. The standard InChI is InChI=1S/C21H34N6.2HI/c1-7-18(8-2)22-12-11-17(4)23-19-9-10-20(16(3)15-19)24-25-21-26(5)13-14-27(21)6;;/h9-10,13-15,17-18,22H,7-8,11-12H2,1-6H3;2*1H. The lowest BCUT2D eigenvalue weighted by atomic mass is 10.1. The second-order valence-electron chi connectivity index (χ2n) is 7.32. The lowest BCUT2D eigenvalue weighted by Crippen LogP contribution is -3.00. The van der Waals surface area contributed by atoms with E-state index in [4.69, 9.17) is 0 Å². The third-order valence-corrected chi connectivity index (χ3v) is 5.00.